The van der Waals surface area contributed by atoms with Crippen molar-refractivity contribution in [2.24, 2.45) is 0 Å². The fourth-order valence-electron chi connectivity index (χ4n) is 0.308. The Balaban J connectivity index is 3.39. The van der Waals surface area contributed by atoms with Crippen LogP contribution in [0.25, 0.3) is 0 Å². The molecular weight excluding hydrogens is 156 g/mol. The van der Waals surface area contributed by atoms with E-state index in [9.17, 15) is 4.79 Å². The van der Waals surface area contributed by atoms with E-state index in [1.807, 2.05) is 0 Å². The molecule has 0 bridgehead atoms. The number of carbonyl (C=O) groups is 1. The molecule has 0 amide bonds. The summed E-state index contributed by atoms with van der Waals surface area (Å²) in [5.41, 5.74) is 1.29. The molecule has 4 heteroatoms. The van der Waals surface area contributed by atoms with Gasteiger partial charge in [0.1, 0.15) is 0 Å². The average Bonchev–Trinajstić information content (AvgIpc) is 1.88. The predicted molar refractivity (Wildman–Crippen MR) is 38.0 cm³/mol. The van der Waals surface area contributed by atoms with Crippen molar-refractivity contribution in [3.63, 3.8) is 0 Å². The van der Waals surface area contributed by atoms with Gasteiger partial charge in [0.25, 0.3) is 0 Å². The quantitative estimate of drug-likeness (QED) is 0.680. The minimum absolute atomic E-state index is 0.233. The van der Waals surface area contributed by atoms with Gasteiger partial charge in [0.2, 0.25) is 0 Å². The summed E-state index contributed by atoms with van der Waals surface area (Å²) in [6, 6.07) is 0. The second-order valence-corrected chi connectivity index (χ2v) is 1.93. The monoisotopic (exact) mass is 164 g/mol. The summed E-state index contributed by atoms with van der Waals surface area (Å²) in [5.74, 6) is -0.969. The molecule has 10 heavy (non-hydrogen) atoms. The Kier molecular flexibility index (Phi) is 4.98. The summed E-state index contributed by atoms with van der Waals surface area (Å²) in [4.78, 5) is 10.1. The lowest BCUT2D eigenvalue weighted by molar-refractivity contribution is -0.148. The topological polar surface area (TPSA) is 46.5 Å². The van der Waals surface area contributed by atoms with Crippen molar-refractivity contribution in [2.45, 2.75) is 13.0 Å². The summed E-state index contributed by atoms with van der Waals surface area (Å²) in [6.45, 7) is 1.70. The van der Waals surface area contributed by atoms with Gasteiger partial charge in [-0.1, -0.05) is 11.6 Å². The first-order valence-electron chi connectivity index (χ1n) is 2.78. The molecule has 0 aliphatic carbocycles. The van der Waals surface area contributed by atoms with E-state index in [1.54, 1.807) is 0 Å². The summed E-state index contributed by atoms with van der Waals surface area (Å²) in [5, 5.41) is 8.30. The highest BCUT2D eigenvalue weighted by atomic mass is 35.5. The minimum atomic E-state index is -0.969. The van der Waals surface area contributed by atoms with E-state index in [2.05, 4.69) is 0 Å². The number of carboxylic acids is 1. The normalized spacial score (nSPS) is 13.8. The molecule has 0 aromatic rings. The lowest BCUT2D eigenvalue weighted by Gasteiger charge is -2.03. The van der Waals surface area contributed by atoms with Gasteiger partial charge >= 0.3 is 5.97 Å². The van der Waals surface area contributed by atoms with Gasteiger partial charge in [-0.25, -0.2) is 4.79 Å². The Morgan fingerprint density at radius 2 is 2.50 bits per heavy atom. The Bertz CT molecular complexity index is 133. The number of carboxylic acid groups (broad SMARTS) is 1. The smallest absolute Gasteiger partial charge is 0.332 e. The Morgan fingerprint density at radius 1 is 1.90 bits per heavy atom. The largest absolute Gasteiger partial charge is 0.479 e. The van der Waals surface area contributed by atoms with Crippen LogP contribution in [-0.4, -0.2) is 23.8 Å². The van der Waals surface area contributed by atoms with Gasteiger partial charge < -0.3 is 9.84 Å². The highest BCUT2D eigenvalue weighted by Gasteiger charge is 2.08. The van der Waals surface area contributed by atoms with Crippen LogP contribution >= 0.6 is 11.6 Å². The number of hydrogen-bond donors (Lipinski definition) is 1. The number of aliphatic carboxylic acids is 1. The number of rotatable bonds is 4. The molecule has 0 radical (unpaired) electrons. The van der Waals surface area contributed by atoms with Crippen LogP contribution in [0.2, 0.25) is 0 Å². The van der Waals surface area contributed by atoms with Crippen molar-refractivity contribution >= 4 is 17.6 Å². The summed E-state index contributed by atoms with van der Waals surface area (Å²) >= 11 is 5.16. The molecule has 0 saturated carbocycles. The van der Waals surface area contributed by atoms with Crippen molar-refractivity contribution < 1.29 is 14.6 Å². The Morgan fingerprint density at radius 3 is 2.90 bits per heavy atom. The van der Waals surface area contributed by atoms with Crippen LogP contribution in [-0.2, 0) is 9.53 Å². The second kappa shape index (κ2) is 5.26. The van der Waals surface area contributed by atoms with Crippen molar-refractivity contribution in [3.05, 3.63) is 11.6 Å². The summed E-state index contributed by atoms with van der Waals surface area (Å²) in [7, 11) is 0. The Labute approximate surface area is 64.2 Å². The third-order valence-corrected chi connectivity index (χ3v) is 1.06. The minimum Gasteiger partial charge on any atom is -0.479 e. The molecule has 0 unspecified atom stereocenters. The first kappa shape index (κ1) is 9.46. The van der Waals surface area contributed by atoms with Crippen molar-refractivity contribution in [2.75, 3.05) is 6.61 Å². The van der Waals surface area contributed by atoms with E-state index < -0.39 is 12.1 Å². The zero-order valence-electron chi connectivity index (χ0n) is 5.58. The zero-order valence-corrected chi connectivity index (χ0v) is 6.34. The molecule has 0 fully saturated rings. The molecule has 0 spiro atoms. The summed E-state index contributed by atoms with van der Waals surface area (Å²) < 4.78 is 4.77. The maximum absolute atomic E-state index is 10.1. The highest BCUT2D eigenvalue weighted by Crippen LogP contribution is 1.90. The average molecular weight is 165 g/mol. The standard InChI is InChI=1S/C6H9ClO3/c1-5(6(8)9)10-4-2-3-7/h2-3,5H,4H2,1H3,(H,8,9)/b3-2+/t5-/m0/s1. The molecule has 0 aromatic heterocycles. The molecule has 0 rings (SSSR count). The molecule has 0 aliphatic heterocycles. The molecule has 3 nitrogen and oxygen atoms in total. The van der Waals surface area contributed by atoms with E-state index in [1.165, 1.54) is 18.5 Å². The molecule has 0 heterocycles. The van der Waals surface area contributed by atoms with Crippen LogP contribution in [0.15, 0.2) is 11.6 Å². The first-order valence-corrected chi connectivity index (χ1v) is 3.21. The van der Waals surface area contributed by atoms with Crippen molar-refractivity contribution in [1.29, 1.82) is 0 Å². The molecule has 0 saturated heterocycles. The van der Waals surface area contributed by atoms with Crippen LogP contribution < -0.4 is 0 Å². The summed E-state index contributed by atoms with van der Waals surface area (Å²) in [6.07, 6.45) is 0.758. The van der Waals surface area contributed by atoms with Crippen molar-refractivity contribution in [1.82, 2.24) is 0 Å². The van der Waals surface area contributed by atoms with E-state index in [0.717, 1.165) is 0 Å². The molecule has 1 atom stereocenters. The van der Waals surface area contributed by atoms with Gasteiger partial charge in [-0.3, -0.25) is 0 Å². The SMILES string of the molecule is C[C@H](OC/C=C/Cl)C(=O)O. The van der Waals surface area contributed by atoms with Gasteiger partial charge in [0.05, 0.1) is 6.61 Å². The van der Waals surface area contributed by atoms with Crippen LogP contribution in [0.4, 0.5) is 0 Å². The number of ether oxygens (including phenoxy) is 1. The van der Waals surface area contributed by atoms with Crippen molar-refractivity contribution in [3.8, 4) is 0 Å². The maximum atomic E-state index is 10.1. The number of hydrogen-bond acceptors (Lipinski definition) is 2. The third kappa shape index (κ3) is 4.35. The van der Waals surface area contributed by atoms with Crippen LogP contribution in [0.5, 0.6) is 0 Å². The molecular formula is C6H9ClO3. The van der Waals surface area contributed by atoms with Gasteiger partial charge in [-0.15, -0.1) is 0 Å². The fraction of sp³-hybridized carbons (Fsp3) is 0.500. The molecule has 0 aromatic carbocycles. The maximum Gasteiger partial charge on any atom is 0.332 e. The van der Waals surface area contributed by atoms with E-state index in [-0.39, 0.29) is 6.61 Å². The van der Waals surface area contributed by atoms with E-state index >= 15 is 0 Å². The fourth-order valence-corrected chi connectivity index (χ4v) is 0.380. The first-order chi connectivity index (χ1) is 4.68. The lowest BCUT2D eigenvalue weighted by atomic mass is 10.4. The lowest BCUT2D eigenvalue weighted by Crippen LogP contribution is -2.19. The Hall–Kier alpha value is -0.540. The van der Waals surface area contributed by atoms with Crippen LogP contribution in [0, 0.1) is 0 Å². The second-order valence-electron chi connectivity index (χ2n) is 1.68. The molecule has 0 aliphatic rings. The van der Waals surface area contributed by atoms with E-state index in [4.69, 9.17) is 21.4 Å². The van der Waals surface area contributed by atoms with Gasteiger partial charge in [0.15, 0.2) is 6.10 Å². The zero-order chi connectivity index (χ0) is 7.98. The predicted octanol–water partition coefficient (Wildman–Crippen LogP) is 1.23. The number of halogens is 1. The van der Waals surface area contributed by atoms with Crippen LogP contribution in [0.1, 0.15) is 6.92 Å². The van der Waals surface area contributed by atoms with Gasteiger partial charge in [-0.05, 0) is 13.0 Å². The third-order valence-electron chi connectivity index (χ3n) is 0.879. The van der Waals surface area contributed by atoms with Crippen LogP contribution in [0.3, 0.4) is 0 Å². The highest BCUT2D eigenvalue weighted by molar-refractivity contribution is 6.25. The van der Waals surface area contributed by atoms with Gasteiger partial charge in [-0.2, -0.15) is 0 Å². The molecule has 58 valence electrons. The van der Waals surface area contributed by atoms with E-state index in [0.29, 0.717) is 0 Å². The van der Waals surface area contributed by atoms with Gasteiger partial charge in [0, 0.05) is 5.54 Å². The molecule has 1 N–H and O–H groups in total.